The van der Waals surface area contributed by atoms with E-state index in [0.717, 1.165) is 16.8 Å². The van der Waals surface area contributed by atoms with Gasteiger partial charge in [-0.3, -0.25) is 4.79 Å². The highest BCUT2D eigenvalue weighted by Crippen LogP contribution is 2.40. The van der Waals surface area contributed by atoms with E-state index in [1.807, 2.05) is 32.9 Å². The zero-order valence-electron chi connectivity index (χ0n) is 8.64. The molecule has 1 aliphatic rings. The summed E-state index contributed by atoms with van der Waals surface area (Å²) in [7, 11) is 0. The number of rotatable bonds is 0. The number of nitrogen functional groups attached to an aromatic ring is 1. The predicted octanol–water partition coefficient (Wildman–Crippen LogP) is 1.81. The second-order valence-corrected chi connectivity index (χ2v) is 4.34. The molecule has 0 saturated carbocycles. The van der Waals surface area contributed by atoms with Gasteiger partial charge >= 0.3 is 0 Å². The maximum absolute atomic E-state index is 11.7. The van der Waals surface area contributed by atoms with Crippen molar-refractivity contribution >= 4 is 17.3 Å². The second-order valence-electron chi connectivity index (χ2n) is 4.34. The summed E-state index contributed by atoms with van der Waals surface area (Å²) in [5, 5.41) is 2.89. The van der Waals surface area contributed by atoms with E-state index in [2.05, 4.69) is 5.32 Å². The Morgan fingerprint density at radius 3 is 2.64 bits per heavy atom. The van der Waals surface area contributed by atoms with Crippen LogP contribution >= 0.6 is 0 Å². The fraction of sp³-hybridized carbons (Fsp3) is 0.364. The van der Waals surface area contributed by atoms with Gasteiger partial charge in [-0.25, -0.2) is 0 Å². The monoisotopic (exact) mass is 190 g/mol. The largest absolute Gasteiger partial charge is 0.399 e. The van der Waals surface area contributed by atoms with Gasteiger partial charge in [0, 0.05) is 11.4 Å². The summed E-state index contributed by atoms with van der Waals surface area (Å²) in [6, 6.07) is 3.75. The smallest absolute Gasteiger partial charge is 0.234 e. The van der Waals surface area contributed by atoms with Crippen molar-refractivity contribution in [1.29, 1.82) is 0 Å². The lowest BCUT2D eigenvalue weighted by Crippen LogP contribution is -2.26. The Morgan fingerprint density at radius 1 is 1.36 bits per heavy atom. The standard InChI is InChI=1S/C11H14N2O/c1-6-4-7(12)5-8-9(6)13-10(14)11(8,2)3/h4-5H,12H2,1-3H3,(H,13,14). The number of carbonyl (C=O) groups is 1. The first-order chi connectivity index (χ1) is 6.43. The average Bonchev–Trinajstić information content (AvgIpc) is 2.28. The highest BCUT2D eigenvalue weighted by Gasteiger charge is 2.39. The van der Waals surface area contributed by atoms with Gasteiger partial charge < -0.3 is 11.1 Å². The molecular formula is C11H14N2O. The Hall–Kier alpha value is -1.51. The maximum atomic E-state index is 11.7. The molecule has 74 valence electrons. The lowest BCUT2D eigenvalue weighted by molar-refractivity contribution is -0.119. The Kier molecular flexibility index (Phi) is 1.62. The Labute approximate surface area is 83.3 Å². The summed E-state index contributed by atoms with van der Waals surface area (Å²) in [6.07, 6.45) is 0. The SMILES string of the molecule is Cc1cc(N)cc2c1NC(=O)C2(C)C. The second kappa shape index (κ2) is 2.50. The number of nitrogens with two attached hydrogens (primary N) is 1. The van der Waals surface area contributed by atoms with Crippen molar-refractivity contribution in [2.24, 2.45) is 0 Å². The summed E-state index contributed by atoms with van der Waals surface area (Å²) in [4.78, 5) is 11.7. The van der Waals surface area contributed by atoms with Crippen molar-refractivity contribution in [3.8, 4) is 0 Å². The van der Waals surface area contributed by atoms with Gasteiger partial charge in [-0.2, -0.15) is 0 Å². The van der Waals surface area contributed by atoms with E-state index in [4.69, 9.17) is 5.73 Å². The normalized spacial score (nSPS) is 17.8. The topological polar surface area (TPSA) is 55.1 Å². The molecule has 0 unspecified atom stereocenters. The van der Waals surface area contributed by atoms with Crippen LogP contribution in [0.2, 0.25) is 0 Å². The fourth-order valence-electron chi connectivity index (χ4n) is 1.87. The molecule has 2 rings (SSSR count). The summed E-state index contributed by atoms with van der Waals surface area (Å²) >= 11 is 0. The number of fused-ring (bicyclic) bond motifs is 1. The molecule has 0 aliphatic carbocycles. The van der Waals surface area contributed by atoms with Crippen molar-refractivity contribution < 1.29 is 4.79 Å². The van der Waals surface area contributed by atoms with Crippen molar-refractivity contribution in [2.75, 3.05) is 11.1 Å². The van der Waals surface area contributed by atoms with Gasteiger partial charge in [0.1, 0.15) is 0 Å². The summed E-state index contributed by atoms with van der Waals surface area (Å²) in [6.45, 7) is 5.77. The molecule has 0 fully saturated rings. The minimum absolute atomic E-state index is 0.0428. The number of nitrogens with one attached hydrogen (secondary N) is 1. The number of anilines is 2. The molecule has 0 spiro atoms. The Morgan fingerprint density at radius 2 is 2.00 bits per heavy atom. The highest BCUT2D eigenvalue weighted by molar-refractivity contribution is 6.06. The van der Waals surface area contributed by atoms with Gasteiger partial charge in [-0.1, -0.05) is 0 Å². The van der Waals surface area contributed by atoms with Gasteiger partial charge in [0.05, 0.1) is 5.41 Å². The van der Waals surface area contributed by atoms with Crippen LogP contribution in [-0.2, 0) is 10.2 Å². The van der Waals surface area contributed by atoms with Crippen LogP contribution in [0.3, 0.4) is 0 Å². The van der Waals surface area contributed by atoms with Crippen LogP contribution in [0, 0.1) is 6.92 Å². The lowest BCUT2D eigenvalue weighted by Gasteiger charge is -2.15. The minimum Gasteiger partial charge on any atom is -0.399 e. The summed E-state index contributed by atoms with van der Waals surface area (Å²) in [5.74, 6) is 0.0428. The van der Waals surface area contributed by atoms with E-state index < -0.39 is 5.41 Å². The molecule has 0 saturated heterocycles. The molecule has 1 heterocycles. The highest BCUT2D eigenvalue weighted by atomic mass is 16.2. The Balaban J connectivity index is 2.71. The Bertz CT molecular complexity index is 422. The number of aryl methyl sites for hydroxylation is 1. The van der Waals surface area contributed by atoms with Crippen LogP contribution in [0.1, 0.15) is 25.0 Å². The molecule has 1 aromatic rings. The van der Waals surface area contributed by atoms with Crippen LogP contribution in [0.4, 0.5) is 11.4 Å². The molecule has 3 N–H and O–H groups in total. The van der Waals surface area contributed by atoms with Crippen LogP contribution < -0.4 is 11.1 Å². The molecular weight excluding hydrogens is 176 g/mol. The van der Waals surface area contributed by atoms with Crippen LogP contribution in [0.15, 0.2) is 12.1 Å². The van der Waals surface area contributed by atoms with Crippen molar-refractivity contribution in [2.45, 2.75) is 26.2 Å². The molecule has 1 aromatic carbocycles. The predicted molar refractivity (Wildman–Crippen MR) is 57.2 cm³/mol. The third-order valence-electron chi connectivity index (χ3n) is 2.84. The molecule has 0 aromatic heterocycles. The number of hydrogen-bond acceptors (Lipinski definition) is 2. The van der Waals surface area contributed by atoms with Crippen LogP contribution in [0.5, 0.6) is 0 Å². The quantitative estimate of drug-likeness (QED) is 0.613. The van der Waals surface area contributed by atoms with Crippen molar-refractivity contribution in [3.05, 3.63) is 23.3 Å². The van der Waals surface area contributed by atoms with E-state index in [9.17, 15) is 4.79 Å². The van der Waals surface area contributed by atoms with Crippen molar-refractivity contribution in [1.82, 2.24) is 0 Å². The van der Waals surface area contributed by atoms with E-state index in [-0.39, 0.29) is 5.91 Å². The summed E-state index contributed by atoms with van der Waals surface area (Å²) < 4.78 is 0. The van der Waals surface area contributed by atoms with Crippen LogP contribution in [0.25, 0.3) is 0 Å². The van der Waals surface area contributed by atoms with Crippen molar-refractivity contribution in [3.63, 3.8) is 0 Å². The minimum atomic E-state index is -0.463. The molecule has 0 atom stereocenters. The molecule has 0 radical (unpaired) electrons. The van der Waals surface area contributed by atoms with Crippen LogP contribution in [-0.4, -0.2) is 5.91 Å². The van der Waals surface area contributed by atoms with E-state index in [1.54, 1.807) is 0 Å². The fourth-order valence-corrected chi connectivity index (χ4v) is 1.87. The third-order valence-corrected chi connectivity index (χ3v) is 2.84. The molecule has 3 nitrogen and oxygen atoms in total. The van der Waals surface area contributed by atoms with Gasteiger partial charge in [0.15, 0.2) is 0 Å². The number of benzene rings is 1. The van der Waals surface area contributed by atoms with Gasteiger partial charge in [-0.15, -0.1) is 0 Å². The number of amides is 1. The molecule has 14 heavy (non-hydrogen) atoms. The molecule has 0 bridgehead atoms. The molecule has 3 heteroatoms. The average molecular weight is 190 g/mol. The van der Waals surface area contributed by atoms with Gasteiger partial charge in [0.25, 0.3) is 0 Å². The first-order valence-electron chi connectivity index (χ1n) is 4.65. The molecule has 1 amide bonds. The van der Waals surface area contributed by atoms with Gasteiger partial charge in [0.2, 0.25) is 5.91 Å². The first-order valence-corrected chi connectivity index (χ1v) is 4.65. The first kappa shape index (κ1) is 9.06. The molecule has 1 aliphatic heterocycles. The zero-order chi connectivity index (χ0) is 10.5. The van der Waals surface area contributed by atoms with Gasteiger partial charge in [-0.05, 0) is 44.0 Å². The zero-order valence-corrected chi connectivity index (χ0v) is 8.64. The van der Waals surface area contributed by atoms with E-state index in [1.165, 1.54) is 0 Å². The number of carbonyl (C=O) groups excluding carboxylic acids is 1. The number of hydrogen-bond donors (Lipinski definition) is 2. The maximum Gasteiger partial charge on any atom is 0.234 e. The van der Waals surface area contributed by atoms with E-state index >= 15 is 0 Å². The lowest BCUT2D eigenvalue weighted by atomic mass is 9.85. The summed E-state index contributed by atoms with van der Waals surface area (Å²) in [5.41, 5.74) is 8.96. The van der Waals surface area contributed by atoms with E-state index in [0.29, 0.717) is 5.69 Å². The third kappa shape index (κ3) is 1.02.